The van der Waals surface area contributed by atoms with E-state index in [4.69, 9.17) is 9.84 Å². The molecule has 0 amide bonds. The summed E-state index contributed by atoms with van der Waals surface area (Å²) in [5.74, 6) is 0.824. The van der Waals surface area contributed by atoms with Gasteiger partial charge in [0.15, 0.2) is 0 Å². The minimum Gasteiger partial charge on any atom is -0.396 e. The molecule has 19 heavy (non-hydrogen) atoms. The lowest BCUT2D eigenvalue weighted by Crippen LogP contribution is -2.50. The van der Waals surface area contributed by atoms with Crippen LogP contribution in [0.5, 0.6) is 0 Å². The van der Waals surface area contributed by atoms with E-state index in [1.807, 2.05) is 0 Å². The van der Waals surface area contributed by atoms with Crippen molar-refractivity contribution in [3.63, 3.8) is 0 Å². The van der Waals surface area contributed by atoms with Crippen LogP contribution in [-0.2, 0) is 4.74 Å². The Morgan fingerprint density at radius 2 is 1.74 bits per heavy atom. The molecular formula is C17H30O2. The number of rotatable bonds is 1. The molecule has 0 aromatic rings. The van der Waals surface area contributed by atoms with Gasteiger partial charge in [-0.2, -0.15) is 0 Å². The zero-order valence-electron chi connectivity index (χ0n) is 12.7. The van der Waals surface area contributed by atoms with Crippen molar-refractivity contribution in [3.8, 4) is 0 Å². The Hall–Kier alpha value is -0.0800. The maximum absolute atomic E-state index is 9.00. The van der Waals surface area contributed by atoms with Gasteiger partial charge in [0.05, 0.1) is 5.60 Å². The first kappa shape index (κ1) is 13.9. The van der Waals surface area contributed by atoms with Crippen LogP contribution in [0.4, 0.5) is 0 Å². The van der Waals surface area contributed by atoms with Gasteiger partial charge in [-0.05, 0) is 68.1 Å². The molecule has 0 aromatic carbocycles. The molecule has 2 heteroatoms. The average Bonchev–Trinajstić information content (AvgIpc) is 2.66. The fraction of sp³-hybridized carbons (Fsp3) is 1.00. The van der Waals surface area contributed by atoms with Crippen molar-refractivity contribution in [3.05, 3.63) is 0 Å². The molecule has 0 bridgehead atoms. The highest BCUT2D eigenvalue weighted by atomic mass is 16.5. The Kier molecular flexibility index (Phi) is 3.46. The molecule has 0 radical (unpaired) electrons. The number of hydrogen-bond donors (Lipinski definition) is 1. The predicted octanol–water partition coefficient (Wildman–Crippen LogP) is 3.91. The topological polar surface area (TPSA) is 29.5 Å². The van der Waals surface area contributed by atoms with Gasteiger partial charge in [-0.1, -0.05) is 20.3 Å². The first-order chi connectivity index (χ1) is 8.99. The summed E-state index contributed by atoms with van der Waals surface area (Å²) in [4.78, 5) is 0. The van der Waals surface area contributed by atoms with E-state index >= 15 is 0 Å². The zero-order chi connectivity index (χ0) is 13.6. The fourth-order valence-electron chi connectivity index (χ4n) is 4.89. The largest absolute Gasteiger partial charge is 0.396 e. The summed E-state index contributed by atoms with van der Waals surface area (Å²) < 4.78 is 5.69. The van der Waals surface area contributed by atoms with E-state index in [9.17, 15) is 0 Å². The van der Waals surface area contributed by atoms with Crippen molar-refractivity contribution in [1.29, 1.82) is 0 Å². The number of aliphatic hydroxyl groups excluding tert-OH is 1. The van der Waals surface area contributed by atoms with E-state index in [-0.39, 0.29) is 0 Å². The fourth-order valence-corrected chi connectivity index (χ4v) is 4.89. The Morgan fingerprint density at radius 3 is 2.00 bits per heavy atom. The van der Waals surface area contributed by atoms with Gasteiger partial charge >= 0.3 is 0 Å². The van der Waals surface area contributed by atoms with Gasteiger partial charge in [-0.3, -0.25) is 0 Å². The smallest absolute Gasteiger partial charge is 0.0686 e. The van der Waals surface area contributed by atoms with Crippen LogP contribution in [0.15, 0.2) is 0 Å². The normalized spacial score (nSPS) is 35.8. The van der Waals surface area contributed by atoms with Crippen LogP contribution in [0.2, 0.25) is 0 Å². The summed E-state index contributed by atoms with van der Waals surface area (Å²) in [7, 11) is 0. The molecule has 1 unspecified atom stereocenters. The van der Waals surface area contributed by atoms with Crippen LogP contribution in [0.25, 0.3) is 0 Å². The molecule has 0 aromatic heterocycles. The van der Waals surface area contributed by atoms with Crippen LogP contribution >= 0.6 is 0 Å². The van der Waals surface area contributed by atoms with Gasteiger partial charge in [0, 0.05) is 13.2 Å². The lowest BCUT2D eigenvalue weighted by Gasteiger charge is -2.59. The summed E-state index contributed by atoms with van der Waals surface area (Å²) in [6, 6.07) is 0. The van der Waals surface area contributed by atoms with E-state index in [0.717, 1.165) is 17.9 Å². The number of hydrogen-bond acceptors (Lipinski definition) is 2. The van der Waals surface area contributed by atoms with Crippen molar-refractivity contribution >= 4 is 0 Å². The van der Waals surface area contributed by atoms with E-state index in [0.29, 0.717) is 17.6 Å². The predicted molar refractivity (Wildman–Crippen MR) is 77.0 cm³/mol. The molecule has 4 fully saturated rings. The Labute approximate surface area is 117 Å². The summed E-state index contributed by atoms with van der Waals surface area (Å²) in [6.07, 6.45) is 12.3. The zero-order valence-corrected chi connectivity index (χ0v) is 12.7. The van der Waals surface area contributed by atoms with Crippen LogP contribution in [0, 0.1) is 16.7 Å². The third kappa shape index (κ3) is 2.58. The molecule has 3 aliphatic carbocycles. The van der Waals surface area contributed by atoms with Gasteiger partial charge in [0.2, 0.25) is 0 Å². The highest BCUT2D eigenvalue weighted by Gasteiger charge is 2.53. The van der Waals surface area contributed by atoms with E-state index in [1.54, 1.807) is 0 Å². The van der Waals surface area contributed by atoms with Crippen molar-refractivity contribution in [2.24, 2.45) is 16.7 Å². The molecule has 110 valence electrons. The highest BCUT2D eigenvalue weighted by molar-refractivity contribution is 5.04. The summed E-state index contributed by atoms with van der Waals surface area (Å²) in [6.45, 7) is 5.90. The first-order valence-electron chi connectivity index (χ1n) is 8.24. The van der Waals surface area contributed by atoms with E-state index in [1.165, 1.54) is 57.8 Å². The van der Waals surface area contributed by atoms with E-state index in [2.05, 4.69) is 13.8 Å². The van der Waals surface area contributed by atoms with Crippen LogP contribution < -0.4 is 0 Å². The van der Waals surface area contributed by atoms with Crippen LogP contribution in [0.1, 0.15) is 71.6 Å². The quantitative estimate of drug-likeness (QED) is 0.779. The van der Waals surface area contributed by atoms with Crippen molar-refractivity contribution < 1.29 is 9.84 Å². The maximum Gasteiger partial charge on any atom is 0.0686 e. The van der Waals surface area contributed by atoms with Gasteiger partial charge in [-0.15, -0.1) is 0 Å². The Morgan fingerprint density at radius 1 is 1.11 bits per heavy atom. The number of aliphatic hydroxyl groups is 1. The maximum atomic E-state index is 9.00. The molecule has 2 nitrogen and oxygen atoms in total. The van der Waals surface area contributed by atoms with Crippen LogP contribution in [-0.4, -0.2) is 23.9 Å². The molecule has 1 aliphatic heterocycles. The lowest BCUT2D eigenvalue weighted by atomic mass is 9.46. The monoisotopic (exact) mass is 266 g/mol. The van der Waals surface area contributed by atoms with E-state index < -0.39 is 0 Å². The minimum atomic E-state index is 0.306. The van der Waals surface area contributed by atoms with Crippen molar-refractivity contribution in [2.75, 3.05) is 13.2 Å². The van der Waals surface area contributed by atoms with Crippen molar-refractivity contribution in [2.45, 2.75) is 77.2 Å². The second-order valence-electron chi connectivity index (χ2n) is 8.33. The standard InChI is InChI=1S/C9H16O.C8H14O/c1-8(7-10)5-9(6-8)3-2-4-9;1-7-5-8(9-6-7)3-2-4-8/h10H,2-7H2,1H3;7H,2-6H2,1H3. The van der Waals surface area contributed by atoms with Crippen molar-refractivity contribution in [1.82, 2.24) is 0 Å². The molecule has 1 heterocycles. The second-order valence-corrected chi connectivity index (χ2v) is 8.33. The molecule has 4 aliphatic rings. The summed E-state index contributed by atoms with van der Waals surface area (Å²) in [5.41, 5.74) is 1.41. The molecular weight excluding hydrogens is 236 g/mol. The summed E-state index contributed by atoms with van der Waals surface area (Å²) >= 11 is 0. The highest BCUT2D eigenvalue weighted by Crippen LogP contribution is 2.63. The van der Waals surface area contributed by atoms with Gasteiger partial charge in [0.25, 0.3) is 0 Å². The third-order valence-electron chi connectivity index (χ3n) is 6.06. The molecule has 1 saturated heterocycles. The minimum absolute atomic E-state index is 0.306. The second kappa shape index (κ2) is 4.73. The van der Waals surface area contributed by atoms with Gasteiger partial charge < -0.3 is 9.84 Å². The Balaban J connectivity index is 0.000000117. The van der Waals surface area contributed by atoms with Gasteiger partial charge in [-0.25, -0.2) is 0 Å². The average molecular weight is 266 g/mol. The number of ether oxygens (including phenoxy) is 1. The molecule has 2 spiro atoms. The molecule has 3 saturated carbocycles. The summed E-state index contributed by atoms with van der Waals surface area (Å²) in [5, 5.41) is 9.00. The molecule has 1 N–H and O–H groups in total. The first-order valence-corrected chi connectivity index (χ1v) is 8.24. The molecule has 4 rings (SSSR count). The van der Waals surface area contributed by atoms with Crippen LogP contribution in [0.3, 0.4) is 0 Å². The molecule has 1 atom stereocenters. The third-order valence-corrected chi connectivity index (χ3v) is 6.06. The Bertz CT molecular complexity index is 313. The SMILES string of the molecule is CC1(CO)CC2(CCC2)C1.CC1COC2(CCC2)C1. The lowest BCUT2D eigenvalue weighted by molar-refractivity contribution is -0.110. The van der Waals surface area contributed by atoms with Gasteiger partial charge in [0.1, 0.15) is 0 Å².